The van der Waals surface area contributed by atoms with Crippen molar-refractivity contribution in [2.24, 2.45) is 0 Å². The molecule has 2 aromatic heterocycles. The molecule has 2 aromatic rings. The maximum absolute atomic E-state index is 11.8. The van der Waals surface area contributed by atoms with Crippen LogP contribution in [0.3, 0.4) is 0 Å². The summed E-state index contributed by atoms with van der Waals surface area (Å²) in [5, 5.41) is 0. The Kier molecular flexibility index (Phi) is 2.96. The van der Waals surface area contributed by atoms with Crippen LogP contribution in [-0.2, 0) is 4.74 Å². The Labute approximate surface area is 101 Å². The molecule has 0 aliphatic rings. The smallest absolute Gasteiger partial charge is 0.357 e. The third kappa shape index (κ3) is 1.71. The molecule has 0 amide bonds. The predicted octanol–water partition coefficient (Wildman–Crippen LogP) is 2.58. The zero-order valence-corrected chi connectivity index (χ0v) is 10.6. The average Bonchev–Trinajstić information content (AvgIpc) is 2.56. The van der Waals surface area contributed by atoms with Crippen LogP contribution < -0.4 is 0 Å². The first-order chi connectivity index (χ1) is 7.65. The van der Waals surface area contributed by atoms with Crippen molar-refractivity contribution in [2.45, 2.75) is 13.8 Å². The highest BCUT2D eigenvalue weighted by Crippen LogP contribution is 2.20. The summed E-state index contributed by atoms with van der Waals surface area (Å²) >= 11 is 3.40. The van der Waals surface area contributed by atoms with Crippen LogP contribution in [0.4, 0.5) is 0 Å². The average molecular weight is 283 g/mol. The van der Waals surface area contributed by atoms with E-state index < -0.39 is 0 Å². The number of carbonyl (C=O) groups excluding carboxylic acids is 1. The van der Waals surface area contributed by atoms with Crippen molar-refractivity contribution in [3.05, 3.63) is 34.2 Å². The SMILES string of the molecule is CCOC(=O)c1c(C)nc2c(Br)cccn12. The molecule has 0 aromatic carbocycles. The molecule has 0 unspecified atom stereocenters. The monoisotopic (exact) mass is 282 g/mol. The van der Waals surface area contributed by atoms with Gasteiger partial charge in [-0.1, -0.05) is 0 Å². The molecular formula is C11H11BrN2O2. The maximum Gasteiger partial charge on any atom is 0.357 e. The molecule has 4 nitrogen and oxygen atoms in total. The van der Waals surface area contributed by atoms with E-state index in [1.54, 1.807) is 24.4 Å². The van der Waals surface area contributed by atoms with Gasteiger partial charge in [-0.2, -0.15) is 0 Å². The van der Waals surface area contributed by atoms with Crippen molar-refractivity contribution in [1.29, 1.82) is 0 Å². The second-order valence-corrected chi connectivity index (χ2v) is 4.17. The van der Waals surface area contributed by atoms with Crippen molar-refractivity contribution in [2.75, 3.05) is 6.61 Å². The number of ether oxygens (including phenoxy) is 1. The lowest BCUT2D eigenvalue weighted by Crippen LogP contribution is -2.09. The van der Waals surface area contributed by atoms with Crippen LogP contribution in [0.1, 0.15) is 23.1 Å². The molecule has 0 bridgehead atoms. The van der Waals surface area contributed by atoms with Gasteiger partial charge in [-0.25, -0.2) is 9.78 Å². The van der Waals surface area contributed by atoms with E-state index >= 15 is 0 Å². The molecule has 84 valence electrons. The standard InChI is InChI=1S/C11H11BrN2O2/c1-3-16-11(15)9-7(2)13-10-8(12)5-4-6-14(9)10/h4-6H,3H2,1-2H3. The summed E-state index contributed by atoms with van der Waals surface area (Å²) in [5.41, 5.74) is 1.88. The van der Waals surface area contributed by atoms with Gasteiger partial charge in [0.1, 0.15) is 0 Å². The number of halogens is 1. The van der Waals surface area contributed by atoms with Gasteiger partial charge in [0.15, 0.2) is 11.3 Å². The van der Waals surface area contributed by atoms with Crippen LogP contribution in [0.25, 0.3) is 5.65 Å². The molecule has 5 heteroatoms. The van der Waals surface area contributed by atoms with E-state index in [-0.39, 0.29) is 5.97 Å². The highest BCUT2D eigenvalue weighted by Gasteiger charge is 2.18. The lowest BCUT2D eigenvalue weighted by molar-refractivity contribution is 0.0517. The van der Waals surface area contributed by atoms with E-state index in [0.29, 0.717) is 18.0 Å². The van der Waals surface area contributed by atoms with Crippen LogP contribution >= 0.6 is 15.9 Å². The lowest BCUT2D eigenvalue weighted by atomic mass is 10.3. The zero-order valence-electron chi connectivity index (χ0n) is 9.03. The summed E-state index contributed by atoms with van der Waals surface area (Å²) in [5.74, 6) is -0.342. The van der Waals surface area contributed by atoms with Gasteiger partial charge >= 0.3 is 5.97 Å². The molecule has 2 rings (SSSR count). The van der Waals surface area contributed by atoms with Gasteiger partial charge in [-0.05, 0) is 41.9 Å². The lowest BCUT2D eigenvalue weighted by Gasteiger charge is -2.02. The molecule has 0 saturated carbocycles. The van der Waals surface area contributed by atoms with Gasteiger partial charge in [0.2, 0.25) is 0 Å². The molecular weight excluding hydrogens is 272 g/mol. The van der Waals surface area contributed by atoms with Gasteiger partial charge in [0.25, 0.3) is 0 Å². The fourth-order valence-corrected chi connectivity index (χ4v) is 2.03. The normalized spacial score (nSPS) is 10.7. The van der Waals surface area contributed by atoms with Crippen LogP contribution in [-0.4, -0.2) is 22.0 Å². The third-order valence-electron chi connectivity index (χ3n) is 2.25. The summed E-state index contributed by atoms with van der Waals surface area (Å²) in [7, 11) is 0. The molecule has 0 radical (unpaired) electrons. The number of carbonyl (C=O) groups is 1. The summed E-state index contributed by atoms with van der Waals surface area (Å²) in [4.78, 5) is 16.1. The number of rotatable bonds is 2. The van der Waals surface area contributed by atoms with Crippen LogP contribution in [0.15, 0.2) is 22.8 Å². The second kappa shape index (κ2) is 4.25. The quantitative estimate of drug-likeness (QED) is 0.796. The molecule has 0 aliphatic heterocycles. The van der Waals surface area contributed by atoms with E-state index in [4.69, 9.17) is 4.74 Å². The first-order valence-corrected chi connectivity index (χ1v) is 5.74. The minimum absolute atomic E-state index is 0.342. The van der Waals surface area contributed by atoms with Crippen LogP contribution in [0.2, 0.25) is 0 Å². The van der Waals surface area contributed by atoms with Gasteiger partial charge in [-0.15, -0.1) is 0 Å². The zero-order chi connectivity index (χ0) is 11.7. The predicted molar refractivity (Wildman–Crippen MR) is 63.6 cm³/mol. The number of fused-ring (bicyclic) bond motifs is 1. The van der Waals surface area contributed by atoms with E-state index in [2.05, 4.69) is 20.9 Å². The van der Waals surface area contributed by atoms with Crippen molar-refractivity contribution < 1.29 is 9.53 Å². The Hall–Kier alpha value is -1.36. The largest absolute Gasteiger partial charge is 0.461 e. The fourth-order valence-electron chi connectivity index (χ4n) is 1.59. The maximum atomic E-state index is 11.8. The Morgan fingerprint density at radius 3 is 3.06 bits per heavy atom. The van der Waals surface area contributed by atoms with E-state index in [9.17, 15) is 4.79 Å². The first-order valence-electron chi connectivity index (χ1n) is 4.95. The van der Waals surface area contributed by atoms with Crippen molar-refractivity contribution in [3.8, 4) is 0 Å². The van der Waals surface area contributed by atoms with Gasteiger partial charge in [0, 0.05) is 6.20 Å². The van der Waals surface area contributed by atoms with E-state index in [1.165, 1.54) is 0 Å². The van der Waals surface area contributed by atoms with E-state index in [1.807, 2.05) is 12.1 Å². The molecule has 0 aliphatic carbocycles. The molecule has 0 fully saturated rings. The van der Waals surface area contributed by atoms with Crippen molar-refractivity contribution in [3.63, 3.8) is 0 Å². The summed E-state index contributed by atoms with van der Waals surface area (Å²) in [6.07, 6.45) is 1.80. The number of hydrogen-bond donors (Lipinski definition) is 0. The molecule has 0 saturated heterocycles. The summed E-state index contributed by atoms with van der Waals surface area (Å²) < 4.78 is 7.59. The Balaban J connectivity index is 2.65. The van der Waals surface area contributed by atoms with E-state index in [0.717, 1.165) is 10.1 Å². The van der Waals surface area contributed by atoms with Crippen LogP contribution in [0.5, 0.6) is 0 Å². The Morgan fingerprint density at radius 1 is 1.62 bits per heavy atom. The highest BCUT2D eigenvalue weighted by atomic mass is 79.9. The number of aryl methyl sites for hydroxylation is 1. The molecule has 16 heavy (non-hydrogen) atoms. The minimum Gasteiger partial charge on any atom is -0.461 e. The first kappa shape index (κ1) is 11.1. The van der Waals surface area contributed by atoms with Crippen molar-refractivity contribution in [1.82, 2.24) is 9.38 Å². The minimum atomic E-state index is -0.342. The topological polar surface area (TPSA) is 43.6 Å². The van der Waals surface area contributed by atoms with Gasteiger partial charge < -0.3 is 4.74 Å². The van der Waals surface area contributed by atoms with Crippen LogP contribution in [0, 0.1) is 6.92 Å². The Bertz CT molecular complexity index is 548. The highest BCUT2D eigenvalue weighted by molar-refractivity contribution is 9.10. The number of esters is 1. The Morgan fingerprint density at radius 2 is 2.38 bits per heavy atom. The molecule has 0 spiro atoms. The fraction of sp³-hybridized carbons (Fsp3) is 0.273. The number of nitrogens with zero attached hydrogens (tertiary/aromatic N) is 2. The molecule has 0 atom stereocenters. The number of imidazole rings is 1. The summed E-state index contributed by atoms with van der Waals surface area (Å²) in [6.45, 7) is 3.94. The van der Waals surface area contributed by atoms with Gasteiger partial charge in [0.05, 0.1) is 16.8 Å². The third-order valence-corrected chi connectivity index (χ3v) is 2.86. The molecule has 2 heterocycles. The number of pyridine rings is 1. The molecule has 0 N–H and O–H groups in total. The number of aromatic nitrogens is 2. The summed E-state index contributed by atoms with van der Waals surface area (Å²) in [6, 6.07) is 3.73. The second-order valence-electron chi connectivity index (χ2n) is 3.32. The van der Waals surface area contributed by atoms with Crippen molar-refractivity contribution >= 4 is 27.5 Å². The van der Waals surface area contributed by atoms with Gasteiger partial charge in [-0.3, -0.25) is 4.40 Å². The number of hydrogen-bond acceptors (Lipinski definition) is 3.